The minimum absolute atomic E-state index is 0.0419. The molecule has 12 heteroatoms. The van der Waals surface area contributed by atoms with Crippen LogP contribution in [0, 0.1) is 5.92 Å². The number of amidine groups is 1. The average Bonchev–Trinajstić information content (AvgIpc) is 3.75. The Morgan fingerprint density at radius 1 is 0.980 bits per heavy atom. The van der Waals surface area contributed by atoms with Crippen LogP contribution in [-0.4, -0.2) is 72.0 Å². The van der Waals surface area contributed by atoms with E-state index in [0.717, 1.165) is 16.0 Å². The smallest absolute Gasteiger partial charge is 0.435 e. The van der Waals surface area contributed by atoms with Crippen molar-refractivity contribution >= 4 is 41.0 Å². The van der Waals surface area contributed by atoms with Crippen molar-refractivity contribution in [2.24, 2.45) is 16.6 Å². The van der Waals surface area contributed by atoms with E-state index in [2.05, 4.69) is 15.6 Å². The summed E-state index contributed by atoms with van der Waals surface area (Å²) in [6, 6.07) is 21.3. The van der Waals surface area contributed by atoms with Crippen molar-refractivity contribution in [2.45, 2.75) is 77.6 Å². The molecule has 11 nitrogen and oxygen atoms in total. The molecule has 4 rings (SSSR count). The number of hydrogen-bond donors (Lipinski definition) is 3. The van der Waals surface area contributed by atoms with Gasteiger partial charge in [0, 0.05) is 17.3 Å². The summed E-state index contributed by atoms with van der Waals surface area (Å²) < 4.78 is 10.6. The molecule has 1 saturated heterocycles. The number of rotatable bonds is 13. The van der Waals surface area contributed by atoms with Crippen LogP contribution in [0.4, 0.5) is 4.79 Å². The molecule has 0 saturated carbocycles. The minimum atomic E-state index is -0.861. The number of nitrogens with one attached hydrogen (secondary N) is 2. The van der Waals surface area contributed by atoms with Crippen molar-refractivity contribution in [3.05, 3.63) is 93.7 Å². The molecule has 262 valence electrons. The molecular formula is C37H47N5O6S. The lowest BCUT2D eigenvalue weighted by Crippen LogP contribution is -2.55. The third-order valence-corrected chi connectivity index (χ3v) is 8.85. The molecule has 1 aliphatic heterocycles. The molecule has 0 radical (unpaired) electrons. The topological polar surface area (TPSA) is 152 Å². The van der Waals surface area contributed by atoms with Crippen LogP contribution in [-0.2, 0) is 30.4 Å². The Kier molecular flexibility index (Phi) is 13.1. The van der Waals surface area contributed by atoms with E-state index >= 15 is 0 Å². The molecule has 0 bridgehead atoms. The predicted molar refractivity (Wildman–Crippen MR) is 190 cm³/mol. The highest BCUT2D eigenvalue weighted by atomic mass is 32.1. The number of likely N-dealkylation sites (tertiary alicyclic amines) is 1. The van der Waals surface area contributed by atoms with Crippen molar-refractivity contribution in [1.82, 2.24) is 15.5 Å². The first-order chi connectivity index (χ1) is 23.3. The zero-order valence-corrected chi connectivity index (χ0v) is 29.6. The normalized spacial score (nSPS) is 15.7. The van der Waals surface area contributed by atoms with E-state index in [9.17, 15) is 19.2 Å². The van der Waals surface area contributed by atoms with Gasteiger partial charge < -0.3 is 25.4 Å². The summed E-state index contributed by atoms with van der Waals surface area (Å²) in [6.45, 7) is 9.91. The summed E-state index contributed by atoms with van der Waals surface area (Å²) in [5.41, 5.74) is 7.13. The molecule has 49 heavy (non-hydrogen) atoms. The lowest BCUT2D eigenvalue weighted by Gasteiger charge is -2.34. The maximum Gasteiger partial charge on any atom is 0.435 e. The Morgan fingerprint density at radius 2 is 1.61 bits per heavy atom. The van der Waals surface area contributed by atoms with E-state index in [0.29, 0.717) is 24.3 Å². The van der Waals surface area contributed by atoms with Crippen LogP contribution in [0.15, 0.2) is 77.8 Å². The van der Waals surface area contributed by atoms with E-state index < -0.39 is 35.7 Å². The Hall–Kier alpha value is -4.55. The molecule has 0 unspecified atom stereocenters. The fourth-order valence-corrected chi connectivity index (χ4v) is 6.47. The molecule has 0 spiro atoms. The maximum atomic E-state index is 14.5. The Balaban J connectivity index is 1.51. The van der Waals surface area contributed by atoms with Gasteiger partial charge in [0.1, 0.15) is 17.5 Å². The van der Waals surface area contributed by atoms with Gasteiger partial charge in [0.2, 0.25) is 11.8 Å². The van der Waals surface area contributed by atoms with Crippen LogP contribution in [0.1, 0.15) is 74.3 Å². The van der Waals surface area contributed by atoms with Crippen molar-refractivity contribution < 1.29 is 28.7 Å². The number of nitrogens with two attached hydrogens (primary N) is 1. The molecule has 1 aromatic heterocycles. The molecule has 2 aromatic carbocycles. The van der Waals surface area contributed by atoms with Crippen LogP contribution in [0.2, 0.25) is 0 Å². The number of hydrogen-bond acceptors (Lipinski definition) is 8. The molecule has 0 aliphatic carbocycles. The van der Waals surface area contributed by atoms with Gasteiger partial charge in [-0.3, -0.25) is 19.7 Å². The second-order valence-electron chi connectivity index (χ2n) is 13.4. The highest BCUT2D eigenvalue weighted by molar-refractivity contribution is 7.14. The molecule has 3 amide bonds. The second-order valence-corrected chi connectivity index (χ2v) is 14.6. The summed E-state index contributed by atoms with van der Waals surface area (Å²) >= 11 is 1.30. The van der Waals surface area contributed by atoms with Gasteiger partial charge in [-0.2, -0.15) is 4.99 Å². The molecular weight excluding hydrogens is 643 g/mol. The highest BCUT2D eigenvalue weighted by Gasteiger charge is 2.41. The largest absolute Gasteiger partial charge is 0.459 e. The molecule has 3 aromatic rings. The van der Waals surface area contributed by atoms with Crippen molar-refractivity contribution in [3.8, 4) is 0 Å². The third kappa shape index (κ3) is 11.0. The quantitative estimate of drug-likeness (QED) is 0.129. The number of aliphatic imine (C=N–C) groups is 1. The van der Waals surface area contributed by atoms with E-state index in [-0.39, 0.29) is 43.3 Å². The first-order valence-electron chi connectivity index (χ1n) is 16.6. The maximum absolute atomic E-state index is 14.5. The standard InChI is InChI=1S/C37H47N5O6S/c1-24(2)23-47-36(46)41-33(38)29-19-18-27(49-29)21-40-34(44)28-17-12-20-42(28)35(45)32(39-22-30(43)48-37(3,4)5)31(25-13-8-6-9-14-25)26-15-10-7-11-16-26/h6-11,13-16,18-19,24,28,31-32,39H,12,17,20-23H2,1-5H3,(H,40,44)(H2,38,41,46)/t28-,32+/m0/s1. The number of carbonyl (C=O) groups excluding carboxylic acids is 4. The molecule has 2 heterocycles. The van der Waals surface area contributed by atoms with E-state index in [1.54, 1.807) is 37.8 Å². The number of nitrogens with zero attached hydrogens (tertiary/aromatic N) is 2. The van der Waals surface area contributed by atoms with Gasteiger partial charge in [-0.25, -0.2) is 4.79 Å². The van der Waals surface area contributed by atoms with Gasteiger partial charge >= 0.3 is 12.1 Å². The first-order valence-corrected chi connectivity index (χ1v) is 17.4. The monoisotopic (exact) mass is 689 g/mol. The van der Waals surface area contributed by atoms with Gasteiger partial charge in [-0.05, 0) is 62.8 Å². The number of ether oxygens (including phenoxy) is 2. The number of amides is 3. The van der Waals surface area contributed by atoms with Gasteiger partial charge in [0.15, 0.2) is 0 Å². The fourth-order valence-electron chi connectivity index (χ4n) is 5.62. The average molecular weight is 690 g/mol. The second kappa shape index (κ2) is 17.2. The van der Waals surface area contributed by atoms with Crippen molar-refractivity contribution in [3.63, 3.8) is 0 Å². The number of carbonyl (C=O) groups is 4. The first kappa shape index (κ1) is 37.3. The molecule has 1 aliphatic rings. The van der Waals surface area contributed by atoms with E-state index in [1.807, 2.05) is 74.5 Å². The van der Waals surface area contributed by atoms with Crippen LogP contribution >= 0.6 is 11.3 Å². The molecule has 1 fully saturated rings. The minimum Gasteiger partial charge on any atom is -0.459 e. The lowest BCUT2D eigenvalue weighted by molar-refractivity contribution is -0.154. The fraction of sp³-hybridized carbons (Fsp3) is 0.432. The Labute approximate surface area is 292 Å². The Morgan fingerprint density at radius 3 is 2.20 bits per heavy atom. The SMILES string of the molecule is CC(C)COC(=O)/N=C(\N)c1ccc(CNC(=O)[C@@H]2CCCN2C(=O)[C@H](NCC(=O)OC(C)(C)C)C(c2ccccc2)c2ccccc2)s1. The summed E-state index contributed by atoms with van der Waals surface area (Å²) in [4.78, 5) is 59.8. The van der Waals surface area contributed by atoms with Gasteiger partial charge in [-0.15, -0.1) is 11.3 Å². The van der Waals surface area contributed by atoms with Gasteiger partial charge in [-0.1, -0.05) is 74.5 Å². The van der Waals surface area contributed by atoms with E-state index in [1.165, 1.54) is 11.3 Å². The zero-order chi connectivity index (χ0) is 35.6. The summed E-state index contributed by atoms with van der Waals surface area (Å²) in [5.74, 6) is -1.25. The van der Waals surface area contributed by atoms with Gasteiger partial charge in [0.25, 0.3) is 0 Å². The molecule has 4 N–H and O–H groups in total. The predicted octanol–water partition coefficient (Wildman–Crippen LogP) is 4.99. The number of esters is 1. The summed E-state index contributed by atoms with van der Waals surface area (Å²) in [5, 5.41) is 6.19. The van der Waals surface area contributed by atoms with Crippen molar-refractivity contribution in [2.75, 3.05) is 19.7 Å². The lowest BCUT2D eigenvalue weighted by atomic mass is 9.84. The molecule has 2 atom stereocenters. The summed E-state index contributed by atoms with van der Waals surface area (Å²) in [7, 11) is 0. The van der Waals surface area contributed by atoms with E-state index in [4.69, 9.17) is 15.2 Å². The van der Waals surface area contributed by atoms with Crippen molar-refractivity contribution in [1.29, 1.82) is 0 Å². The Bertz CT molecular complexity index is 1560. The van der Waals surface area contributed by atoms with Gasteiger partial charge in [0.05, 0.1) is 30.6 Å². The number of thiophene rings is 1. The third-order valence-electron chi connectivity index (χ3n) is 7.74. The van der Waals surface area contributed by atoms with Crippen LogP contribution < -0.4 is 16.4 Å². The van der Waals surface area contributed by atoms with Crippen LogP contribution in [0.5, 0.6) is 0 Å². The number of benzene rings is 2. The summed E-state index contributed by atoms with van der Waals surface area (Å²) in [6.07, 6.45) is 0.416. The zero-order valence-electron chi connectivity index (χ0n) is 28.8. The highest BCUT2D eigenvalue weighted by Crippen LogP contribution is 2.31. The van der Waals surface area contributed by atoms with Crippen LogP contribution in [0.25, 0.3) is 0 Å². The van der Waals surface area contributed by atoms with Crippen LogP contribution in [0.3, 0.4) is 0 Å².